The Hall–Kier alpha value is -1.98. The number of aliphatic hydroxyl groups excluding tert-OH is 1. The van der Waals surface area contributed by atoms with Gasteiger partial charge in [-0.2, -0.15) is 0 Å². The third-order valence-corrected chi connectivity index (χ3v) is 5.23. The molecule has 3 N–H and O–H groups in total. The molecule has 31 heavy (non-hydrogen) atoms. The molecule has 8 nitrogen and oxygen atoms in total. The standard InChI is InChI=1S/C22H33N7O.HI/c1-2-23-21(27-17-20(18-30)19-7-4-3-5-8-19)24-11-12-28-13-15-29(16-14-28)22-25-9-6-10-26-22;/h3-10,20,30H,2,11-18H2,1H3,(H2,23,24,27);1H. The molecule has 0 saturated carbocycles. The zero-order valence-corrected chi connectivity index (χ0v) is 20.5. The fraction of sp³-hybridized carbons (Fsp3) is 0.500. The first-order valence-electron chi connectivity index (χ1n) is 10.7. The van der Waals surface area contributed by atoms with Gasteiger partial charge in [-0.1, -0.05) is 30.3 Å². The van der Waals surface area contributed by atoms with Crippen molar-refractivity contribution >= 4 is 35.9 Å². The summed E-state index contributed by atoms with van der Waals surface area (Å²) in [4.78, 5) is 18.0. The highest BCUT2D eigenvalue weighted by atomic mass is 127. The first kappa shape index (κ1) is 25.3. The number of guanidine groups is 1. The Morgan fingerprint density at radius 1 is 1.06 bits per heavy atom. The van der Waals surface area contributed by atoms with Gasteiger partial charge in [-0.15, -0.1) is 24.0 Å². The number of halogens is 1. The number of nitrogens with one attached hydrogen (secondary N) is 2. The van der Waals surface area contributed by atoms with Crippen molar-refractivity contribution in [2.45, 2.75) is 12.8 Å². The van der Waals surface area contributed by atoms with Gasteiger partial charge in [-0.3, -0.25) is 9.89 Å². The maximum absolute atomic E-state index is 9.74. The number of hydrogen-bond acceptors (Lipinski definition) is 6. The molecule has 0 spiro atoms. The second-order valence-electron chi connectivity index (χ2n) is 7.31. The molecule has 1 atom stereocenters. The van der Waals surface area contributed by atoms with E-state index in [9.17, 15) is 5.11 Å². The number of nitrogens with zero attached hydrogens (tertiary/aromatic N) is 5. The summed E-state index contributed by atoms with van der Waals surface area (Å²) in [6.45, 7) is 9.13. The van der Waals surface area contributed by atoms with Crippen LogP contribution in [0.15, 0.2) is 53.8 Å². The van der Waals surface area contributed by atoms with Crippen molar-refractivity contribution in [3.63, 3.8) is 0 Å². The van der Waals surface area contributed by atoms with E-state index in [1.54, 1.807) is 12.4 Å². The Morgan fingerprint density at radius 3 is 2.42 bits per heavy atom. The van der Waals surface area contributed by atoms with Crippen molar-refractivity contribution in [2.75, 3.05) is 63.9 Å². The van der Waals surface area contributed by atoms with Gasteiger partial charge in [0.25, 0.3) is 0 Å². The van der Waals surface area contributed by atoms with Crippen molar-refractivity contribution < 1.29 is 5.11 Å². The highest BCUT2D eigenvalue weighted by molar-refractivity contribution is 14.0. The monoisotopic (exact) mass is 539 g/mol. The zero-order valence-electron chi connectivity index (χ0n) is 18.2. The minimum absolute atomic E-state index is 0. The largest absolute Gasteiger partial charge is 0.396 e. The van der Waals surface area contributed by atoms with E-state index >= 15 is 0 Å². The third-order valence-electron chi connectivity index (χ3n) is 5.23. The average Bonchev–Trinajstić information content (AvgIpc) is 2.81. The van der Waals surface area contributed by atoms with E-state index in [1.165, 1.54) is 0 Å². The first-order chi connectivity index (χ1) is 14.8. The van der Waals surface area contributed by atoms with Gasteiger partial charge < -0.3 is 20.6 Å². The Balaban J connectivity index is 0.00000341. The number of aromatic nitrogens is 2. The van der Waals surface area contributed by atoms with Gasteiger partial charge in [-0.05, 0) is 18.6 Å². The van der Waals surface area contributed by atoms with Crippen molar-refractivity contribution in [2.24, 2.45) is 4.99 Å². The van der Waals surface area contributed by atoms with Gasteiger partial charge in [0.15, 0.2) is 5.96 Å². The maximum atomic E-state index is 9.74. The molecule has 1 aromatic carbocycles. The molecule has 170 valence electrons. The number of aliphatic hydroxyl groups is 1. The molecule has 9 heteroatoms. The van der Waals surface area contributed by atoms with Crippen LogP contribution in [0.1, 0.15) is 18.4 Å². The lowest BCUT2D eigenvalue weighted by atomic mass is 10.0. The van der Waals surface area contributed by atoms with E-state index in [1.807, 2.05) is 36.4 Å². The van der Waals surface area contributed by atoms with Crippen molar-refractivity contribution in [1.82, 2.24) is 25.5 Å². The van der Waals surface area contributed by atoms with Crippen LogP contribution < -0.4 is 15.5 Å². The van der Waals surface area contributed by atoms with Gasteiger partial charge in [0.2, 0.25) is 5.95 Å². The molecule has 1 aliphatic heterocycles. The quantitative estimate of drug-likeness (QED) is 0.253. The topological polar surface area (TPSA) is 88.9 Å². The van der Waals surface area contributed by atoms with Crippen molar-refractivity contribution in [3.8, 4) is 0 Å². The minimum atomic E-state index is 0. The molecule has 1 aromatic heterocycles. The number of hydrogen-bond donors (Lipinski definition) is 3. The van der Waals surface area contributed by atoms with Crippen molar-refractivity contribution in [1.29, 1.82) is 0 Å². The van der Waals surface area contributed by atoms with E-state index < -0.39 is 0 Å². The summed E-state index contributed by atoms with van der Waals surface area (Å²) in [5.41, 5.74) is 1.11. The van der Waals surface area contributed by atoms with E-state index in [0.29, 0.717) is 6.54 Å². The second kappa shape index (κ2) is 14.2. The van der Waals surface area contributed by atoms with Crippen LogP contribution >= 0.6 is 24.0 Å². The summed E-state index contributed by atoms with van der Waals surface area (Å²) < 4.78 is 0. The Bertz CT molecular complexity index is 755. The molecule has 1 unspecified atom stereocenters. The molecule has 3 rings (SSSR count). The van der Waals surface area contributed by atoms with Gasteiger partial charge in [0.05, 0.1) is 13.2 Å². The Labute approximate surface area is 202 Å². The second-order valence-corrected chi connectivity index (χ2v) is 7.31. The summed E-state index contributed by atoms with van der Waals surface area (Å²) >= 11 is 0. The highest BCUT2D eigenvalue weighted by Gasteiger charge is 2.18. The molecule has 0 bridgehead atoms. The number of piperazine rings is 1. The van der Waals surface area contributed by atoms with Crippen LogP contribution in [-0.2, 0) is 0 Å². The number of aliphatic imine (C=N–C) groups is 1. The molecule has 1 fully saturated rings. The number of anilines is 1. The lowest BCUT2D eigenvalue weighted by Crippen LogP contribution is -2.49. The zero-order chi connectivity index (χ0) is 21.0. The van der Waals surface area contributed by atoms with Gasteiger partial charge in [-0.25, -0.2) is 9.97 Å². The fourth-order valence-electron chi connectivity index (χ4n) is 3.50. The van der Waals surface area contributed by atoms with Gasteiger partial charge >= 0.3 is 0 Å². The van der Waals surface area contributed by atoms with Gasteiger partial charge in [0.1, 0.15) is 0 Å². The molecule has 0 amide bonds. The summed E-state index contributed by atoms with van der Waals surface area (Å²) in [5.74, 6) is 1.62. The minimum Gasteiger partial charge on any atom is -0.396 e. The van der Waals surface area contributed by atoms with E-state index in [4.69, 9.17) is 0 Å². The third kappa shape index (κ3) is 8.23. The SMILES string of the molecule is CCNC(=NCC(CO)c1ccccc1)NCCN1CCN(c2ncccn2)CC1.I. The predicted octanol–water partition coefficient (Wildman–Crippen LogP) is 1.55. The van der Waals surface area contributed by atoms with Crippen LogP contribution in [-0.4, -0.2) is 84.9 Å². The van der Waals surface area contributed by atoms with Crippen molar-refractivity contribution in [3.05, 3.63) is 54.4 Å². The smallest absolute Gasteiger partial charge is 0.225 e. The predicted molar refractivity (Wildman–Crippen MR) is 136 cm³/mol. The lowest BCUT2D eigenvalue weighted by Gasteiger charge is -2.34. The van der Waals surface area contributed by atoms with E-state index in [-0.39, 0.29) is 36.5 Å². The highest BCUT2D eigenvalue weighted by Crippen LogP contribution is 2.15. The lowest BCUT2D eigenvalue weighted by molar-refractivity contribution is 0.260. The molecule has 2 aromatic rings. The van der Waals surface area contributed by atoms with Crippen LogP contribution in [0.5, 0.6) is 0 Å². The first-order valence-corrected chi connectivity index (χ1v) is 10.7. The summed E-state index contributed by atoms with van der Waals surface area (Å²) in [7, 11) is 0. The van der Waals surface area contributed by atoms with Crippen LogP contribution in [0.4, 0.5) is 5.95 Å². The van der Waals surface area contributed by atoms with Crippen LogP contribution in [0, 0.1) is 0 Å². The normalized spacial score (nSPS) is 15.8. The summed E-state index contributed by atoms with van der Waals surface area (Å²) in [6, 6.07) is 11.9. The van der Waals surface area contributed by atoms with E-state index in [2.05, 4.69) is 42.3 Å². The average molecular weight is 539 g/mol. The van der Waals surface area contributed by atoms with Crippen LogP contribution in [0.25, 0.3) is 0 Å². The molecule has 1 saturated heterocycles. The van der Waals surface area contributed by atoms with Crippen LogP contribution in [0.2, 0.25) is 0 Å². The summed E-state index contributed by atoms with van der Waals surface area (Å²) in [5, 5.41) is 16.5. The van der Waals surface area contributed by atoms with Gasteiger partial charge in [0, 0.05) is 64.1 Å². The van der Waals surface area contributed by atoms with E-state index in [0.717, 1.165) is 63.3 Å². The molecule has 0 aliphatic carbocycles. The van der Waals surface area contributed by atoms with Crippen LogP contribution in [0.3, 0.4) is 0 Å². The molecule has 1 aliphatic rings. The number of benzene rings is 1. The fourth-order valence-corrected chi connectivity index (χ4v) is 3.50. The number of rotatable bonds is 9. The Kier molecular flexibility index (Phi) is 11.5. The summed E-state index contributed by atoms with van der Waals surface area (Å²) in [6.07, 6.45) is 3.58. The Morgan fingerprint density at radius 2 is 1.77 bits per heavy atom. The maximum Gasteiger partial charge on any atom is 0.225 e. The molecule has 0 radical (unpaired) electrons. The molecular formula is C22H34IN7O. The molecular weight excluding hydrogens is 505 g/mol. The molecule has 2 heterocycles.